The fraction of sp³-hybridized carbons (Fsp3) is 0.562. The van der Waals surface area contributed by atoms with Crippen molar-refractivity contribution in [3.63, 3.8) is 0 Å². The van der Waals surface area contributed by atoms with Gasteiger partial charge in [-0.3, -0.25) is 4.79 Å². The number of rotatable bonds is 9. The Morgan fingerprint density at radius 3 is 2.68 bits per heavy atom. The average Bonchev–Trinajstić information content (AvgIpc) is 2.41. The summed E-state index contributed by atoms with van der Waals surface area (Å²) in [5.74, 6) is -0.00365. The number of halogens is 1. The van der Waals surface area contributed by atoms with Gasteiger partial charge >= 0.3 is 0 Å². The van der Waals surface area contributed by atoms with Crippen LogP contribution in [0.25, 0.3) is 0 Å². The highest BCUT2D eigenvalue weighted by Crippen LogP contribution is 2.14. The highest BCUT2D eigenvalue weighted by Gasteiger charge is 2.15. The van der Waals surface area contributed by atoms with E-state index in [1.54, 1.807) is 31.2 Å². The summed E-state index contributed by atoms with van der Waals surface area (Å²) in [4.78, 5) is 12.1. The van der Waals surface area contributed by atoms with Gasteiger partial charge in [0.25, 0.3) is 0 Å². The van der Waals surface area contributed by atoms with Crippen molar-refractivity contribution in [1.82, 2.24) is 0 Å². The van der Waals surface area contributed by atoms with Crippen LogP contribution in [0.1, 0.15) is 56.3 Å². The predicted molar refractivity (Wildman–Crippen MR) is 80.0 cm³/mol. The Hall–Kier alpha value is -0.860. The maximum absolute atomic E-state index is 12.1. The molecule has 0 N–H and O–H groups in total. The number of carbonyl (C=O) groups excluding carboxylic acids is 1. The van der Waals surface area contributed by atoms with E-state index in [1.165, 1.54) is 25.7 Å². The fourth-order valence-electron chi connectivity index (χ4n) is 1.92. The summed E-state index contributed by atoms with van der Waals surface area (Å²) in [5.41, 5.74) is 0.617. The van der Waals surface area contributed by atoms with E-state index >= 15 is 0 Å². The van der Waals surface area contributed by atoms with Gasteiger partial charge < -0.3 is 4.74 Å². The number of unbranched alkanes of at least 4 members (excludes halogenated alkanes) is 4. The molecule has 0 aliphatic heterocycles. The summed E-state index contributed by atoms with van der Waals surface area (Å²) in [6.45, 7) is 4.65. The van der Waals surface area contributed by atoms with E-state index in [0.717, 1.165) is 6.42 Å². The zero-order valence-corrected chi connectivity index (χ0v) is 12.6. The van der Waals surface area contributed by atoms with Crippen molar-refractivity contribution in [2.45, 2.75) is 52.1 Å². The molecule has 0 saturated carbocycles. The number of ether oxygens (including phenoxy) is 1. The Bertz CT molecular complexity index is 390. The zero-order valence-electron chi connectivity index (χ0n) is 11.8. The van der Waals surface area contributed by atoms with Crippen molar-refractivity contribution in [3.05, 3.63) is 34.9 Å². The van der Waals surface area contributed by atoms with E-state index in [1.807, 2.05) is 0 Å². The third-order valence-electron chi connectivity index (χ3n) is 3.09. The third kappa shape index (κ3) is 6.22. The molecule has 0 aromatic heterocycles. The van der Waals surface area contributed by atoms with E-state index in [-0.39, 0.29) is 5.78 Å². The van der Waals surface area contributed by atoms with Crippen molar-refractivity contribution in [1.29, 1.82) is 0 Å². The van der Waals surface area contributed by atoms with Crippen molar-refractivity contribution in [2.24, 2.45) is 0 Å². The first kappa shape index (κ1) is 16.2. The lowest BCUT2D eigenvalue weighted by Gasteiger charge is -2.12. The number of ketones is 1. The van der Waals surface area contributed by atoms with Crippen LogP contribution in [-0.2, 0) is 4.74 Å². The molecule has 106 valence electrons. The molecule has 0 bridgehead atoms. The molecule has 1 aromatic rings. The molecule has 0 amide bonds. The summed E-state index contributed by atoms with van der Waals surface area (Å²) < 4.78 is 5.59. The largest absolute Gasteiger partial charge is 0.370 e. The molecule has 0 aliphatic carbocycles. The first-order valence-electron chi connectivity index (χ1n) is 7.06. The van der Waals surface area contributed by atoms with Gasteiger partial charge in [-0.2, -0.15) is 0 Å². The summed E-state index contributed by atoms with van der Waals surface area (Å²) in [7, 11) is 0. The Kier molecular flexibility index (Phi) is 7.76. The minimum atomic E-state index is -0.398. The highest BCUT2D eigenvalue weighted by atomic mass is 35.5. The number of hydrogen-bond acceptors (Lipinski definition) is 2. The molecule has 0 heterocycles. The van der Waals surface area contributed by atoms with Crippen LogP contribution in [0.3, 0.4) is 0 Å². The van der Waals surface area contributed by atoms with Gasteiger partial charge in [0.2, 0.25) is 0 Å². The first-order chi connectivity index (χ1) is 9.15. The predicted octanol–water partition coefficient (Wildman–Crippen LogP) is 4.90. The lowest BCUT2D eigenvalue weighted by Crippen LogP contribution is -2.21. The van der Waals surface area contributed by atoms with Crippen LogP contribution in [0.5, 0.6) is 0 Å². The van der Waals surface area contributed by atoms with Crippen molar-refractivity contribution < 1.29 is 9.53 Å². The smallest absolute Gasteiger partial charge is 0.191 e. The standard InChI is InChI=1S/C16H23ClO2/c1-3-4-5-6-7-11-19-13(2)16(18)14-9-8-10-15(17)12-14/h8-10,12-13H,3-7,11H2,1-2H3. The van der Waals surface area contributed by atoms with E-state index in [0.29, 0.717) is 17.2 Å². The SMILES string of the molecule is CCCCCCCOC(C)C(=O)c1cccc(Cl)c1. The van der Waals surface area contributed by atoms with Crippen LogP contribution in [0.15, 0.2) is 24.3 Å². The molecule has 1 unspecified atom stereocenters. The van der Waals surface area contributed by atoms with E-state index in [2.05, 4.69) is 6.92 Å². The molecule has 0 spiro atoms. The number of carbonyl (C=O) groups is 1. The number of Topliss-reactive ketones (excluding diaryl/α,β-unsaturated/α-hetero) is 1. The molecule has 1 aromatic carbocycles. The van der Waals surface area contributed by atoms with Gasteiger partial charge in [0.05, 0.1) is 0 Å². The summed E-state index contributed by atoms with van der Waals surface area (Å²) in [6.07, 6.45) is 5.56. The molecular formula is C16H23ClO2. The minimum Gasteiger partial charge on any atom is -0.370 e. The quantitative estimate of drug-likeness (QED) is 0.476. The molecular weight excluding hydrogens is 260 g/mol. The zero-order chi connectivity index (χ0) is 14.1. The second-order valence-electron chi connectivity index (χ2n) is 4.80. The van der Waals surface area contributed by atoms with Crippen LogP contribution >= 0.6 is 11.6 Å². The maximum atomic E-state index is 12.1. The monoisotopic (exact) mass is 282 g/mol. The topological polar surface area (TPSA) is 26.3 Å². The summed E-state index contributed by atoms with van der Waals surface area (Å²) >= 11 is 5.88. The Morgan fingerprint density at radius 1 is 1.26 bits per heavy atom. The van der Waals surface area contributed by atoms with Crippen LogP contribution in [-0.4, -0.2) is 18.5 Å². The molecule has 1 atom stereocenters. The summed E-state index contributed by atoms with van der Waals surface area (Å²) in [5, 5.41) is 0.581. The van der Waals surface area contributed by atoms with Crippen molar-refractivity contribution >= 4 is 17.4 Å². The number of hydrogen-bond donors (Lipinski definition) is 0. The van der Waals surface area contributed by atoms with Gasteiger partial charge in [-0.25, -0.2) is 0 Å². The van der Waals surface area contributed by atoms with Crippen LogP contribution < -0.4 is 0 Å². The molecule has 0 saturated heterocycles. The van der Waals surface area contributed by atoms with Gasteiger partial charge in [-0.15, -0.1) is 0 Å². The van der Waals surface area contributed by atoms with Gasteiger partial charge in [-0.1, -0.05) is 56.3 Å². The fourth-order valence-corrected chi connectivity index (χ4v) is 2.11. The molecule has 2 nitrogen and oxygen atoms in total. The van der Waals surface area contributed by atoms with Crippen LogP contribution in [0, 0.1) is 0 Å². The molecule has 19 heavy (non-hydrogen) atoms. The van der Waals surface area contributed by atoms with Crippen LogP contribution in [0.2, 0.25) is 5.02 Å². The third-order valence-corrected chi connectivity index (χ3v) is 3.33. The molecule has 1 rings (SSSR count). The van der Waals surface area contributed by atoms with Gasteiger partial charge in [0.15, 0.2) is 5.78 Å². The Morgan fingerprint density at radius 2 is 2.00 bits per heavy atom. The van der Waals surface area contributed by atoms with E-state index in [4.69, 9.17) is 16.3 Å². The molecule has 0 aliphatic rings. The molecule has 0 fully saturated rings. The Labute approximate surface area is 121 Å². The highest BCUT2D eigenvalue weighted by molar-refractivity contribution is 6.31. The maximum Gasteiger partial charge on any atom is 0.191 e. The van der Waals surface area contributed by atoms with Gasteiger partial charge in [0, 0.05) is 17.2 Å². The number of benzene rings is 1. The lowest BCUT2D eigenvalue weighted by atomic mass is 10.1. The van der Waals surface area contributed by atoms with E-state index < -0.39 is 6.10 Å². The van der Waals surface area contributed by atoms with Gasteiger partial charge in [0.1, 0.15) is 6.10 Å². The van der Waals surface area contributed by atoms with Crippen molar-refractivity contribution in [3.8, 4) is 0 Å². The second kappa shape index (κ2) is 9.11. The lowest BCUT2D eigenvalue weighted by molar-refractivity contribution is 0.0464. The van der Waals surface area contributed by atoms with Crippen LogP contribution in [0.4, 0.5) is 0 Å². The van der Waals surface area contributed by atoms with Crippen molar-refractivity contribution in [2.75, 3.05) is 6.61 Å². The molecule has 3 heteroatoms. The van der Waals surface area contributed by atoms with E-state index in [9.17, 15) is 4.79 Å². The summed E-state index contributed by atoms with van der Waals surface area (Å²) in [6, 6.07) is 7.00. The Balaban J connectivity index is 2.29. The minimum absolute atomic E-state index is 0.00365. The normalized spacial score (nSPS) is 12.4. The van der Waals surface area contributed by atoms with Gasteiger partial charge in [-0.05, 0) is 25.5 Å². The second-order valence-corrected chi connectivity index (χ2v) is 5.24. The average molecular weight is 283 g/mol. The molecule has 0 radical (unpaired) electrons. The first-order valence-corrected chi connectivity index (χ1v) is 7.44.